The Morgan fingerprint density at radius 2 is 1.75 bits per heavy atom. The van der Waals surface area contributed by atoms with Gasteiger partial charge in [0.1, 0.15) is 10.9 Å². The third-order valence-electron chi connectivity index (χ3n) is 6.83. The number of hydrogen-bond acceptors (Lipinski definition) is 5. The van der Waals surface area contributed by atoms with Crippen LogP contribution in [-0.2, 0) is 26.2 Å². The summed E-state index contributed by atoms with van der Waals surface area (Å²) in [5, 5.41) is 3.08. The summed E-state index contributed by atoms with van der Waals surface area (Å²) in [5.41, 5.74) is 0.943. The fraction of sp³-hybridized carbons (Fsp3) is 0.423. The molecule has 1 heterocycles. The van der Waals surface area contributed by atoms with Crippen LogP contribution < -0.4 is 5.32 Å². The number of halogens is 1. The zero-order chi connectivity index (χ0) is 25.9. The van der Waals surface area contributed by atoms with Crippen LogP contribution in [-0.4, -0.2) is 54.0 Å². The maximum Gasteiger partial charge on any atom is 0.269 e. The molecule has 0 spiro atoms. The topological polar surface area (TPSA) is 104 Å². The fourth-order valence-electron chi connectivity index (χ4n) is 4.73. The first-order chi connectivity index (χ1) is 17.2. The van der Waals surface area contributed by atoms with Gasteiger partial charge < -0.3 is 10.2 Å². The number of sulfonamides is 1. The van der Waals surface area contributed by atoms with Crippen LogP contribution in [0.4, 0.5) is 0 Å². The van der Waals surface area contributed by atoms with Crippen LogP contribution >= 0.6 is 15.9 Å². The molecule has 0 unspecified atom stereocenters. The largest absolute Gasteiger partial charge is 0.352 e. The Balaban J connectivity index is 1.49. The van der Waals surface area contributed by atoms with Crippen molar-refractivity contribution in [3.05, 3.63) is 64.1 Å². The first-order valence-corrected chi connectivity index (χ1v) is 14.4. The minimum absolute atomic E-state index is 0.0469. The first-order valence-electron chi connectivity index (χ1n) is 12.2. The lowest BCUT2D eigenvalue weighted by atomic mass is 9.95. The van der Waals surface area contributed by atoms with Gasteiger partial charge in [0, 0.05) is 30.0 Å². The van der Waals surface area contributed by atoms with Crippen molar-refractivity contribution < 1.29 is 22.8 Å². The molecule has 2 aromatic carbocycles. The Bertz CT molecular complexity index is 1240. The molecule has 2 aromatic rings. The van der Waals surface area contributed by atoms with Crippen LogP contribution in [0.1, 0.15) is 61.4 Å². The minimum atomic E-state index is -4.01. The summed E-state index contributed by atoms with van der Waals surface area (Å²) in [7, 11) is -4.01. The Kier molecular flexibility index (Phi) is 8.14. The number of nitrogens with zero attached hydrogens (tertiary/aromatic N) is 2. The number of carbonyl (C=O) groups excluding carboxylic acids is 3. The lowest BCUT2D eigenvalue weighted by molar-refractivity contribution is -0.141. The molecule has 0 aromatic heterocycles. The van der Waals surface area contributed by atoms with E-state index < -0.39 is 27.9 Å². The highest BCUT2D eigenvalue weighted by molar-refractivity contribution is 9.10. The fourth-order valence-corrected chi connectivity index (χ4v) is 6.56. The summed E-state index contributed by atoms with van der Waals surface area (Å²) in [5.74, 6) is -1.27. The van der Waals surface area contributed by atoms with E-state index >= 15 is 0 Å². The number of amides is 3. The predicted molar refractivity (Wildman–Crippen MR) is 138 cm³/mol. The lowest BCUT2D eigenvalue weighted by Gasteiger charge is -2.31. The van der Waals surface area contributed by atoms with E-state index in [4.69, 9.17) is 0 Å². The summed E-state index contributed by atoms with van der Waals surface area (Å²) >= 11 is 3.40. The normalized spacial score (nSPS) is 17.9. The van der Waals surface area contributed by atoms with E-state index in [9.17, 15) is 22.8 Å². The van der Waals surface area contributed by atoms with Crippen molar-refractivity contribution in [1.29, 1.82) is 0 Å². The van der Waals surface area contributed by atoms with Crippen molar-refractivity contribution in [3.63, 3.8) is 0 Å². The van der Waals surface area contributed by atoms with Crippen molar-refractivity contribution in [2.75, 3.05) is 6.54 Å². The van der Waals surface area contributed by atoms with E-state index in [1.807, 2.05) is 24.3 Å². The highest BCUT2D eigenvalue weighted by Gasteiger charge is 2.41. The Labute approximate surface area is 220 Å². The summed E-state index contributed by atoms with van der Waals surface area (Å²) in [6.07, 6.45) is 4.93. The van der Waals surface area contributed by atoms with Crippen molar-refractivity contribution in [2.24, 2.45) is 0 Å². The number of hydrogen-bond donors (Lipinski definition) is 1. The van der Waals surface area contributed by atoms with Crippen molar-refractivity contribution in [1.82, 2.24) is 14.5 Å². The highest BCUT2D eigenvalue weighted by Crippen LogP contribution is 2.30. The van der Waals surface area contributed by atoms with Crippen molar-refractivity contribution >= 4 is 43.7 Å². The van der Waals surface area contributed by atoms with Gasteiger partial charge in [-0.3, -0.25) is 14.4 Å². The van der Waals surface area contributed by atoms with Gasteiger partial charge >= 0.3 is 0 Å². The van der Waals surface area contributed by atoms with Gasteiger partial charge in [-0.1, -0.05) is 59.5 Å². The van der Waals surface area contributed by atoms with Crippen LogP contribution in [0, 0.1) is 0 Å². The molecular weight excluding hydrogens is 546 g/mol. The molecule has 192 valence electrons. The van der Waals surface area contributed by atoms with E-state index in [1.54, 1.807) is 19.1 Å². The van der Waals surface area contributed by atoms with Crippen LogP contribution in [0.3, 0.4) is 0 Å². The molecule has 8 nitrogen and oxygen atoms in total. The van der Waals surface area contributed by atoms with Crippen molar-refractivity contribution in [2.45, 2.75) is 69.0 Å². The van der Waals surface area contributed by atoms with Crippen LogP contribution in [0.15, 0.2) is 57.9 Å². The molecule has 1 N–H and O–H groups in total. The van der Waals surface area contributed by atoms with Gasteiger partial charge in [0.25, 0.3) is 15.9 Å². The van der Waals surface area contributed by atoms with E-state index in [-0.39, 0.29) is 41.9 Å². The first kappa shape index (κ1) is 26.3. The molecule has 0 bridgehead atoms. The molecule has 2 aliphatic rings. The zero-order valence-electron chi connectivity index (χ0n) is 20.2. The number of rotatable bonds is 8. The molecule has 0 saturated heterocycles. The van der Waals surface area contributed by atoms with E-state index in [0.717, 1.165) is 46.4 Å². The van der Waals surface area contributed by atoms with Gasteiger partial charge in [0.05, 0.1) is 5.56 Å². The molecule has 3 amide bonds. The highest BCUT2D eigenvalue weighted by atomic mass is 79.9. The van der Waals surface area contributed by atoms with Gasteiger partial charge in [-0.2, -0.15) is 0 Å². The third kappa shape index (κ3) is 5.64. The van der Waals surface area contributed by atoms with Gasteiger partial charge in [-0.15, -0.1) is 0 Å². The smallest absolute Gasteiger partial charge is 0.269 e. The maximum atomic E-state index is 13.4. The number of fused-ring (bicyclic) bond motifs is 1. The van der Waals surface area contributed by atoms with E-state index in [0.29, 0.717) is 0 Å². The molecule has 1 aliphatic carbocycles. The number of nitrogens with one attached hydrogen (secondary N) is 1. The summed E-state index contributed by atoms with van der Waals surface area (Å²) < 4.78 is 27.4. The monoisotopic (exact) mass is 575 g/mol. The minimum Gasteiger partial charge on any atom is -0.352 e. The average Bonchev–Trinajstić information content (AvgIpc) is 3.07. The number of carbonyl (C=O) groups is 3. The van der Waals surface area contributed by atoms with Gasteiger partial charge in [0.2, 0.25) is 11.8 Å². The Morgan fingerprint density at radius 3 is 2.42 bits per heavy atom. The van der Waals surface area contributed by atoms with Crippen LogP contribution in [0.2, 0.25) is 0 Å². The lowest BCUT2D eigenvalue weighted by Crippen LogP contribution is -2.50. The summed E-state index contributed by atoms with van der Waals surface area (Å²) in [6, 6.07) is 12.8. The van der Waals surface area contributed by atoms with Gasteiger partial charge in [0.15, 0.2) is 0 Å². The Hall–Kier alpha value is -2.72. The molecule has 1 atom stereocenters. The second-order valence-electron chi connectivity index (χ2n) is 9.30. The zero-order valence-corrected chi connectivity index (χ0v) is 22.6. The molecule has 0 radical (unpaired) electrons. The average molecular weight is 577 g/mol. The van der Waals surface area contributed by atoms with Gasteiger partial charge in [-0.25, -0.2) is 12.7 Å². The molecule has 10 heteroatoms. The van der Waals surface area contributed by atoms with E-state index in [1.165, 1.54) is 17.0 Å². The van der Waals surface area contributed by atoms with E-state index in [2.05, 4.69) is 21.2 Å². The summed E-state index contributed by atoms with van der Waals surface area (Å²) in [4.78, 5) is 40.6. The van der Waals surface area contributed by atoms with Crippen molar-refractivity contribution in [3.8, 4) is 0 Å². The van der Waals surface area contributed by atoms with Gasteiger partial charge in [-0.05, 0) is 49.6 Å². The quantitative estimate of drug-likeness (QED) is 0.515. The number of benzene rings is 2. The molecule has 1 fully saturated rings. The Morgan fingerprint density at radius 1 is 1.08 bits per heavy atom. The third-order valence-corrected chi connectivity index (χ3v) is 9.19. The van der Waals surface area contributed by atoms with Crippen LogP contribution in [0.5, 0.6) is 0 Å². The standard InChI is InChI=1S/C26H30BrN3O5S/c1-18(25(32)28-21-7-3-2-4-8-21)29(17-19-11-13-20(27)14-12-19)24(31)15-16-30-26(33)22-9-5-6-10-23(22)36(30,34)35/h5-6,9-14,18,21H,2-4,7-8,15-17H2,1H3,(H,28,32)/t18-/m1/s1. The molecule has 1 aliphatic heterocycles. The molecule has 36 heavy (non-hydrogen) atoms. The SMILES string of the molecule is C[C@H](C(=O)NC1CCCCC1)N(Cc1ccc(Br)cc1)C(=O)CCN1C(=O)c2ccccc2S1(=O)=O. The maximum absolute atomic E-state index is 13.4. The molecular formula is C26H30BrN3O5S. The van der Waals surface area contributed by atoms with Crippen LogP contribution in [0.25, 0.3) is 0 Å². The molecule has 1 saturated carbocycles. The molecule has 4 rings (SSSR count). The predicted octanol–water partition coefficient (Wildman–Crippen LogP) is 3.85. The second kappa shape index (κ2) is 11.1. The summed E-state index contributed by atoms with van der Waals surface area (Å²) in [6.45, 7) is 1.58. The second-order valence-corrected chi connectivity index (χ2v) is 12.0.